The van der Waals surface area contributed by atoms with E-state index in [0.29, 0.717) is 25.2 Å². The fraction of sp³-hybridized carbons (Fsp3) is 0.500. The number of hydrogen-bond acceptors (Lipinski definition) is 2. The van der Waals surface area contributed by atoms with E-state index in [4.69, 9.17) is 9.84 Å². The van der Waals surface area contributed by atoms with E-state index in [0.717, 1.165) is 12.8 Å². The lowest BCUT2D eigenvalue weighted by Gasteiger charge is -2.09. The number of hydrogen-bond donors (Lipinski definition) is 1. The summed E-state index contributed by atoms with van der Waals surface area (Å²) in [5, 5.41) is 8.72. The van der Waals surface area contributed by atoms with Gasteiger partial charge in [0.1, 0.15) is 11.9 Å². The second-order valence-corrected chi connectivity index (χ2v) is 4.21. The Morgan fingerprint density at radius 2 is 2.00 bits per heavy atom. The zero-order valence-corrected chi connectivity index (χ0v) is 10.6. The second-order valence-electron chi connectivity index (χ2n) is 4.21. The number of carbonyl (C=O) groups is 1. The van der Waals surface area contributed by atoms with Crippen LogP contribution in [0.25, 0.3) is 0 Å². The highest BCUT2D eigenvalue weighted by Gasteiger charge is 2.06. The van der Waals surface area contributed by atoms with Crippen molar-refractivity contribution in [1.29, 1.82) is 0 Å². The van der Waals surface area contributed by atoms with Crippen LogP contribution in [0.5, 0.6) is 5.75 Å². The SMILES string of the molecule is CCCCC(F)CCOc1ccc(C(=O)O)cc1. The first kappa shape index (κ1) is 14.5. The van der Waals surface area contributed by atoms with Crippen LogP contribution in [0, 0.1) is 0 Å². The van der Waals surface area contributed by atoms with Gasteiger partial charge in [0, 0.05) is 6.42 Å². The summed E-state index contributed by atoms with van der Waals surface area (Å²) in [5.74, 6) is -0.396. The molecule has 0 aliphatic rings. The fourth-order valence-electron chi connectivity index (χ4n) is 1.57. The molecule has 0 bridgehead atoms. The van der Waals surface area contributed by atoms with Gasteiger partial charge in [-0.3, -0.25) is 0 Å². The Labute approximate surface area is 107 Å². The standard InChI is InChI=1S/C14H19FO3/c1-2-3-4-12(15)9-10-18-13-7-5-11(6-8-13)14(16)17/h5-8,12H,2-4,9-10H2,1H3,(H,16,17). The predicted octanol–water partition coefficient (Wildman–Crippen LogP) is 3.68. The van der Waals surface area contributed by atoms with Crippen molar-refractivity contribution in [3.8, 4) is 5.75 Å². The fourth-order valence-corrected chi connectivity index (χ4v) is 1.57. The third-order valence-corrected chi connectivity index (χ3v) is 2.67. The quantitative estimate of drug-likeness (QED) is 0.769. The van der Waals surface area contributed by atoms with Crippen LogP contribution in [0.2, 0.25) is 0 Å². The molecule has 0 aliphatic carbocycles. The van der Waals surface area contributed by atoms with E-state index in [-0.39, 0.29) is 5.56 Å². The maximum absolute atomic E-state index is 13.3. The van der Waals surface area contributed by atoms with Crippen molar-refractivity contribution in [2.45, 2.75) is 38.8 Å². The number of alkyl halides is 1. The largest absolute Gasteiger partial charge is 0.493 e. The van der Waals surface area contributed by atoms with E-state index in [1.807, 2.05) is 6.92 Å². The molecule has 1 rings (SSSR count). The molecular formula is C14H19FO3. The molecule has 0 aromatic heterocycles. The van der Waals surface area contributed by atoms with Crippen LogP contribution in [0.4, 0.5) is 4.39 Å². The molecule has 1 atom stereocenters. The monoisotopic (exact) mass is 254 g/mol. The first-order chi connectivity index (χ1) is 8.63. The number of rotatable bonds is 8. The van der Waals surface area contributed by atoms with Crippen molar-refractivity contribution in [2.75, 3.05) is 6.61 Å². The molecule has 0 amide bonds. The lowest BCUT2D eigenvalue weighted by molar-refractivity contribution is 0.0697. The second kappa shape index (κ2) is 7.69. The Bertz CT molecular complexity index is 362. The first-order valence-corrected chi connectivity index (χ1v) is 6.23. The summed E-state index contributed by atoms with van der Waals surface area (Å²) in [6, 6.07) is 6.12. The molecule has 1 aromatic rings. The van der Waals surface area contributed by atoms with Crippen LogP contribution >= 0.6 is 0 Å². The number of aromatic carboxylic acids is 1. The highest BCUT2D eigenvalue weighted by molar-refractivity contribution is 5.87. The number of halogens is 1. The summed E-state index contributed by atoms with van der Waals surface area (Å²) in [6.07, 6.45) is 2.04. The smallest absolute Gasteiger partial charge is 0.335 e. The number of unbranched alkanes of at least 4 members (excludes halogenated alkanes) is 1. The minimum Gasteiger partial charge on any atom is -0.493 e. The van der Waals surface area contributed by atoms with Crippen LogP contribution < -0.4 is 4.74 Å². The van der Waals surface area contributed by atoms with Crippen molar-refractivity contribution >= 4 is 5.97 Å². The third-order valence-electron chi connectivity index (χ3n) is 2.67. The van der Waals surface area contributed by atoms with E-state index in [1.54, 1.807) is 12.1 Å². The molecule has 4 heteroatoms. The summed E-state index contributed by atoms with van der Waals surface area (Å²) in [4.78, 5) is 10.6. The molecule has 0 saturated carbocycles. The van der Waals surface area contributed by atoms with Crippen LogP contribution in [0.15, 0.2) is 24.3 Å². The third kappa shape index (κ3) is 5.17. The number of carboxylic acid groups (broad SMARTS) is 1. The van der Waals surface area contributed by atoms with Crippen molar-refractivity contribution in [3.05, 3.63) is 29.8 Å². The number of carboxylic acids is 1. The minimum atomic E-state index is -0.968. The van der Waals surface area contributed by atoms with Crippen LogP contribution in [-0.2, 0) is 0 Å². The van der Waals surface area contributed by atoms with Crippen molar-refractivity contribution in [2.24, 2.45) is 0 Å². The maximum atomic E-state index is 13.3. The van der Waals surface area contributed by atoms with E-state index in [1.165, 1.54) is 12.1 Å². The summed E-state index contributed by atoms with van der Waals surface area (Å²) < 4.78 is 18.7. The Morgan fingerprint density at radius 3 is 2.56 bits per heavy atom. The summed E-state index contributed by atoms with van der Waals surface area (Å²) in [7, 11) is 0. The lowest BCUT2D eigenvalue weighted by Crippen LogP contribution is -2.07. The molecule has 0 saturated heterocycles. The van der Waals surface area contributed by atoms with Gasteiger partial charge in [-0.15, -0.1) is 0 Å². The van der Waals surface area contributed by atoms with E-state index in [2.05, 4.69) is 0 Å². The highest BCUT2D eigenvalue weighted by atomic mass is 19.1. The van der Waals surface area contributed by atoms with Gasteiger partial charge in [-0.25, -0.2) is 9.18 Å². The zero-order chi connectivity index (χ0) is 13.4. The molecule has 1 unspecified atom stereocenters. The lowest BCUT2D eigenvalue weighted by atomic mass is 10.1. The molecule has 100 valence electrons. The molecule has 3 nitrogen and oxygen atoms in total. The van der Waals surface area contributed by atoms with Crippen LogP contribution in [0.3, 0.4) is 0 Å². The van der Waals surface area contributed by atoms with Crippen molar-refractivity contribution in [1.82, 2.24) is 0 Å². The van der Waals surface area contributed by atoms with Crippen molar-refractivity contribution < 1.29 is 19.0 Å². The highest BCUT2D eigenvalue weighted by Crippen LogP contribution is 2.14. The summed E-state index contributed by atoms with van der Waals surface area (Å²) in [5.41, 5.74) is 0.216. The average Bonchev–Trinajstić information content (AvgIpc) is 2.37. The molecular weight excluding hydrogens is 235 g/mol. The molecule has 0 spiro atoms. The molecule has 0 aliphatic heterocycles. The minimum absolute atomic E-state index is 0.216. The van der Waals surface area contributed by atoms with Gasteiger partial charge in [0.15, 0.2) is 0 Å². The Balaban J connectivity index is 2.29. The Hall–Kier alpha value is -1.58. The zero-order valence-electron chi connectivity index (χ0n) is 10.6. The predicted molar refractivity (Wildman–Crippen MR) is 67.9 cm³/mol. The van der Waals surface area contributed by atoms with Gasteiger partial charge in [-0.1, -0.05) is 19.8 Å². The van der Waals surface area contributed by atoms with Gasteiger partial charge in [0.25, 0.3) is 0 Å². The average molecular weight is 254 g/mol. The molecule has 1 aromatic carbocycles. The normalized spacial score (nSPS) is 12.1. The molecule has 18 heavy (non-hydrogen) atoms. The first-order valence-electron chi connectivity index (χ1n) is 6.23. The van der Waals surface area contributed by atoms with Crippen molar-refractivity contribution in [3.63, 3.8) is 0 Å². The van der Waals surface area contributed by atoms with Gasteiger partial charge in [0.2, 0.25) is 0 Å². The van der Waals surface area contributed by atoms with E-state index in [9.17, 15) is 9.18 Å². The van der Waals surface area contributed by atoms with Gasteiger partial charge in [0.05, 0.1) is 12.2 Å². The number of ether oxygens (including phenoxy) is 1. The topological polar surface area (TPSA) is 46.5 Å². The summed E-state index contributed by atoms with van der Waals surface area (Å²) in [6.45, 7) is 2.35. The van der Waals surface area contributed by atoms with Gasteiger partial charge < -0.3 is 9.84 Å². The Kier molecular flexibility index (Phi) is 6.19. The maximum Gasteiger partial charge on any atom is 0.335 e. The number of benzene rings is 1. The van der Waals surface area contributed by atoms with Crippen LogP contribution in [-0.4, -0.2) is 23.9 Å². The molecule has 1 N–H and O–H groups in total. The van der Waals surface area contributed by atoms with Gasteiger partial charge >= 0.3 is 5.97 Å². The Morgan fingerprint density at radius 1 is 1.33 bits per heavy atom. The van der Waals surface area contributed by atoms with E-state index >= 15 is 0 Å². The van der Waals surface area contributed by atoms with E-state index < -0.39 is 12.1 Å². The molecule has 0 heterocycles. The van der Waals surface area contributed by atoms with Gasteiger partial charge in [-0.2, -0.15) is 0 Å². The van der Waals surface area contributed by atoms with Crippen LogP contribution in [0.1, 0.15) is 43.0 Å². The van der Waals surface area contributed by atoms with Gasteiger partial charge in [-0.05, 0) is 30.7 Å². The molecule has 0 radical (unpaired) electrons. The molecule has 0 fully saturated rings. The summed E-state index contributed by atoms with van der Waals surface area (Å²) >= 11 is 0.